The number of rotatable bonds is 6. The zero-order chi connectivity index (χ0) is 15.2. The van der Waals surface area contributed by atoms with Crippen LogP contribution in [-0.2, 0) is 6.54 Å². The van der Waals surface area contributed by atoms with Crippen LogP contribution >= 0.6 is 15.9 Å². The quantitative estimate of drug-likeness (QED) is 0.785. The van der Waals surface area contributed by atoms with Crippen molar-refractivity contribution >= 4 is 15.9 Å². The van der Waals surface area contributed by atoms with Gasteiger partial charge >= 0.3 is 0 Å². The Hall–Kier alpha value is -1.32. The molecule has 21 heavy (non-hydrogen) atoms. The predicted molar refractivity (Wildman–Crippen MR) is 91.6 cm³/mol. The third kappa shape index (κ3) is 4.87. The average molecular weight is 348 g/mol. The Morgan fingerprint density at radius 2 is 1.81 bits per heavy atom. The molecule has 1 N–H and O–H groups in total. The highest BCUT2D eigenvalue weighted by atomic mass is 79.9. The highest BCUT2D eigenvalue weighted by Crippen LogP contribution is 2.23. The molecule has 0 saturated carbocycles. The summed E-state index contributed by atoms with van der Waals surface area (Å²) < 4.78 is 6.87. The molecule has 2 nitrogen and oxygen atoms in total. The first kappa shape index (κ1) is 16.1. The van der Waals surface area contributed by atoms with Gasteiger partial charge in [0.15, 0.2) is 0 Å². The lowest BCUT2D eigenvalue weighted by Gasteiger charge is -2.16. The van der Waals surface area contributed by atoms with E-state index < -0.39 is 0 Å². The smallest absolute Gasteiger partial charge is 0.120 e. The van der Waals surface area contributed by atoms with Crippen LogP contribution in [0.5, 0.6) is 5.75 Å². The maximum absolute atomic E-state index is 5.73. The average Bonchev–Trinajstić information content (AvgIpc) is 2.45. The van der Waals surface area contributed by atoms with Gasteiger partial charge in [-0.15, -0.1) is 0 Å². The van der Waals surface area contributed by atoms with Gasteiger partial charge < -0.3 is 10.1 Å². The van der Waals surface area contributed by atoms with E-state index in [4.69, 9.17) is 4.74 Å². The SMILES string of the molecule is CC(C)Oc1cccc(CNC(C)c2ccccc2Br)c1. The monoisotopic (exact) mass is 347 g/mol. The predicted octanol–water partition coefficient (Wildman–Crippen LogP) is 5.09. The fourth-order valence-electron chi connectivity index (χ4n) is 2.21. The minimum atomic E-state index is 0.201. The van der Waals surface area contributed by atoms with Crippen LogP contribution in [0, 0.1) is 0 Å². The first-order valence-electron chi connectivity index (χ1n) is 7.29. The molecule has 112 valence electrons. The molecule has 2 aromatic carbocycles. The van der Waals surface area contributed by atoms with Crippen molar-refractivity contribution in [3.05, 3.63) is 64.1 Å². The molecule has 3 heteroatoms. The van der Waals surface area contributed by atoms with Crippen molar-refractivity contribution in [1.82, 2.24) is 5.32 Å². The molecule has 0 bridgehead atoms. The van der Waals surface area contributed by atoms with Gasteiger partial charge in [0, 0.05) is 17.1 Å². The maximum Gasteiger partial charge on any atom is 0.120 e. The van der Waals surface area contributed by atoms with Gasteiger partial charge in [0.05, 0.1) is 6.10 Å². The molecule has 1 unspecified atom stereocenters. The van der Waals surface area contributed by atoms with Crippen molar-refractivity contribution in [3.8, 4) is 5.75 Å². The summed E-state index contributed by atoms with van der Waals surface area (Å²) in [4.78, 5) is 0. The summed E-state index contributed by atoms with van der Waals surface area (Å²) in [5.74, 6) is 0.929. The van der Waals surface area contributed by atoms with Crippen LogP contribution in [0.4, 0.5) is 0 Å². The molecule has 2 aromatic rings. The fourth-order valence-corrected chi connectivity index (χ4v) is 2.84. The van der Waals surface area contributed by atoms with E-state index in [0.717, 1.165) is 16.8 Å². The summed E-state index contributed by atoms with van der Waals surface area (Å²) >= 11 is 3.60. The summed E-state index contributed by atoms with van der Waals surface area (Å²) in [7, 11) is 0. The molecule has 0 fully saturated rings. The molecule has 0 amide bonds. The highest BCUT2D eigenvalue weighted by Gasteiger charge is 2.08. The molecule has 0 aliphatic carbocycles. The summed E-state index contributed by atoms with van der Waals surface area (Å²) in [5, 5.41) is 3.55. The highest BCUT2D eigenvalue weighted by molar-refractivity contribution is 9.10. The van der Waals surface area contributed by atoms with E-state index in [2.05, 4.69) is 58.5 Å². The van der Waals surface area contributed by atoms with Crippen LogP contribution in [-0.4, -0.2) is 6.10 Å². The molecule has 0 saturated heterocycles. The van der Waals surface area contributed by atoms with E-state index in [-0.39, 0.29) is 12.1 Å². The van der Waals surface area contributed by atoms with E-state index >= 15 is 0 Å². The Labute approximate surface area is 135 Å². The largest absolute Gasteiger partial charge is 0.491 e. The van der Waals surface area contributed by atoms with Crippen LogP contribution in [0.25, 0.3) is 0 Å². The third-order valence-electron chi connectivity index (χ3n) is 3.25. The van der Waals surface area contributed by atoms with Gasteiger partial charge in [-0.1, -0.05) is 46.3 Å². The van der Waals surface area contributed by atoms with Crippen LogP contribution in [0.3, 0.4) is 0 Å². The fraction of sp³-hybridized carbons (Fsp3) is 0.333. The van der Waals surface area contributed by atoms with Crippen LogP contribution in [0.15, 0.2) is 53.0 Å². The van der Waals surface area contributed by atoms with Gasteiger partial charge in [-0.05, 0) is 50.1 Å². The van der Waals surface area contributed by atoms with Crippen molar-refractivity contribution in [2.75, 3.05) is 0 Å². The number of halogens is 1. The molecular weight excluding hydrogens is 326 g/mol. The zero-order valence-electron chi connectivity index (χ0n) is 12.8. The van der Waals surface area contributed by atoms with E-state index in [1.54, 1.807) is 0 Å². The van der Waals surface area contributed by atoms with Crippen molar-refractivity contribution in [3.63, 3.8) is 0 Å². The van der Waals surface area contributed by atoms with E-state index in [9.17, 15) is 0 Å². The van der Waals surface area contributed by atoms with E-state index in [1.165, 1.54) is 11.1 Å². The van der Waals surface area contributed by atoms with Crippen LogP contribution < -0.4 is 10.1 Å². The first-order chi connectivity index (χ1) is 10.1. The second kappa shape index (κ2) is 7.62. The minimum Gasteiger partial charge on any atom is -0.491 e. The first-order valence-corrected chi connectivity index (χ1v) is 8.09. The van der Waals surface area contributed by atoms with E-state index in [1.807, 2.05) is 32.0 Å². The number of hydrogen-bond donors (Lipinski definition) is 1. The summed E-state index contributed by atoms with van der Waals surface area (Å²) in [6.45, 7) is 7.08. The third-order valence-corrected chi connectivity index (χ3v) is 3.98. The molecule has 0 aliphatic rings. The van der Waals surface area contributed by atoms with Gasteiger partial charge in [-0.2, -0.15) is 0 Å². The molecule has 1 atom stereocenters. The molecule has 0 aromatic heterocycles. The van der Waals surface area contributed by atoms with Gasteiger partial charge in [0.25, 0.3) is 0 Å². The Kier molecular flexibility index (Phi) is 5.83. The van der Waals surface area contributed by atoms with Gasteiger partial charge in [0.1, 0.15) is 5.75 Å². The Bertz CT molecular complexity index is 583. The Balaban J connectivity index is 1.98. The molecule has 0 heterocycles. The number of nitrogens with one attached hydrogen (secondary N) is 1. The number of benzene rings is 2. The topological polar surface area (TPSA) is 21.3 Å². The molecular formula is C18H22BrNO. The Morgan fingerprint density at radius 1 is 1.05 bits per heavy atom. The standard InChI is InChI=1S/C18H22BrNO/c1-13(2)21-16-8-6-7-15(11-16)12-20-14(3)17-9-4-5-10-18(17)19/h4-11,13-14,20H,12H2,1-3H3. The van der Waals surface area contributed by atoms with Crippen molar-refractivity contribution in [1.29, 1.82) is 0 Å². The lowest BCUT2D eigenvalue weighted by Crippen LogP contribution is -2.18. The molecule has 0 spiro atoms. The number of hydrogen-bond acceptors (Lipinski definition) is 2. The van der Waals surface area contributed by atoms with Crippen molar-refractivity contribution < 1.29 is 4.74 Å². The second-order valence-electron chi connectivity index (χ2n) is 5.44. The van der Waals surface area contributed by atoms with Crippen molar-refractivity contribution in [2.24, 2.45) is 0 Å². The molecule has 0 radical (unpaired) electrons. The lowest BCUT2D eigenvalue weighted by atomic mass is 10.1. The zero-order valence-corrected chi connectivity index (χ0v) is 14.4. The number of ether oxygens (including phenoxy) is 1. The van der Waals surface area contributed by atoms with Crippen LogP contribution in [0.2, 0.25) is 0 Å². The normalized spacial score (nSPS) is 12.4. The summed E-state index contributed by atoms with van der Waals surface area (Å²) in [6.07, 6.45) is 0.201. The molecule has 2 rings (SSSR count). The molecule has 0 aliphatic heterocycles. The van der Waals surface area contributed by atoms with Crippen LogP contribution in [0.1, 0.15) is 37.9 Å². The maximum atomic E-state index is 5.73. The summed E-state index contributed by atoms with van der Waals surface area (Å²) in [6, 6.07) is 16.9. The van der Waals surface area contributed by atoms with E-state index in [0.29, 0.717) is 0 Å². The van der Waals surface area contributed by atoms with Gasteiger partial charge in [0.2, 0.25) is 0 Å². The van der Waals surface area contributed by atoms with Gasteiger partial charge in [-0.3, -0.25) is 0 Å². The van der Waals surface area contributed by atoms with Gasteiger partial charge in [-0.25, -0.2) is 0 Å². The lowest BCUT2D eigenvalue weighted by molar-refractivity contribution is 0.242. The summed E-state index contributed by atoms with van der Waals surface area (Å²) in [5.41, 5.74) is 2.50. The Morgan fingerprint density at radius 3 is 2.52 bits per heavy atom. The minimum absolute atomic E-state index is 0.201. The van der Waals surface area contributed by atoms with Crippen molar-refractivity contribution in [2.45, 2.75) is 39.5 Å². The second-order valence-corrected chi connectivity index (χ2v) is 6.29.